The smallest absolute Gasteiger partial charge is 0.252 e. The van der Waals surface area contributed by atoms with Crippen molar-refractivity contribution in [1.82, 2.24) is 5.32 Å². The molecule has 0 spiro atoms. The van der Waals surface area contributed by atoms with Crippen molar-refractivity contribution >= 4 is 23.2 Å². The first-order chi connectivity index (χ1) is 9.94. The highest BCUT2D eigenvalue weighted by atomic mass is 35.5. The largest absolute Gasteiger partial charge is 0.399 e. The van der Waals surface area contributed by atoms with Crippen LogP contribution in [-0.2, 0) is 5.54 Å². The summed E-state index contributed by atoms with van der Waals surface area (Å²) in [7, 11) is 0. The maximum Gasteiger partial charge on any atom is 0.252 e. The number of halogens is 1. The van der Waals surface area contributed by atoms with Crippen LogP contribution in [0.1, 0.15) is 22.8 Å². The van der Waals surface area contributed by atoms with Gasteiger partial charge in [0, 0.05) is 16.3 Å². The predicted molar refractivity (Wildman–Crippen MR) is 84.2 cm³/mol. The van der Waals surface area contributed by atoms with E-state index in [1.165, 1.54) is 6.07 Å². The molecule has 0 saturated heterocycles. The molecule has 0 fully saturated rings. The van der Waals surface area contributed by atoms with E-state index < -0.39 is 5.54 Å². The van der Waals surface area contributed by atoms with E-state index in [-0.39, 0.29) is 12.5 Å². The van der Waals surface area contributed by atoms with Crippen molar-refractivity contribution in [3.63, 3.8) is 0 Å². The fourth-order valence-electron chi connectivity index (χ4n) is 2.08. The van der Waals surface area contributed by atoms with Crippen LogP contribution in [0.2, 0.25) is 5.02 Å². The Kier molecular flexibility index (Phi) is 4.50. The van der Waals surface area contributed by atoms with Crippen molar-refractivity contribution in [2.75, 3.05) is 12.3 Å². The van der Waals surface area contributed by atoms with Gasteiger partial charge in [0.2, 0.25) is 0 Å². The van der Waals surface area contributed by atoms with Gasteiger partial charge in [0.05, 0.1) is 12.1 Å². The van der Waals surface area contributed by atoms with Gasteiger partial charge >= 0.3 is 0 Å². The summed E-state index contributed by atoms with van der Waals surface area (Å²) in [4.78, 5) is 12.4. The number of carbonyl (C=O) groups excluding carboxylic acids is 1. The number of rotatable bonds is 4. The summed E-state index contributed by atoms with van der Waals surface area (Å²) in [6, 6.07) is 13.9. The van der Waals surface area contributed by atoms with Gasteiger partial charge in [-0.1, -0.05) is 41.9 Å². The van der Waals surface area contributed by atoms with E-state index in [4.69, 9.17) is 17.3 Å². The quantitative estimate of drug-likeness (QED) is 0.760. The summed E-state index contributed by atoms with van der Waals surface area (Å²) < 4.78 is 0. The standard InChI is InChI=1S/C16H17ClN2O2/c1-16(10-20,12-5-3-2-4-6-12)19-15(21)11-7-13(17)9-14(18)8-11/h2-9,20H,10,18H2,1H3,(H,19,21). The number of hydrogen-bond acceptors (Lipinski definition) is 3. The number of nitrogens with one attached hydrogen (secondary N) is 1. The zero-order valence-corrected chi connectivity index (χ0v) is 12.4. The summed E-state index contributed by atoms with van der Waals surface area (Å²) in [6.07, 6.45) is 0. The van der Waals surface area contributed by atoms with Gasteiger partial charge in [-0.3, -0.25) is 4.79 Å². The SMILES string of the molecule is CC(CO)(NC(=O)c1cc(N)cc(Cl)c1)c1ccccc1. The Morgan fingerprint density at radius 1 is 1.29 bits per heavy atom. The van der Waals surface area contributed by atoms with Crippen LogP contribution < -0.4 is 11.1 Å². The van der Waals surface area contributed by atoms with E-state index in [2.05, 4.69) is 5.32 Å². The number of carbonyl (C=O) groups is 1. The highest BCUT2D eigenvalue weighted by Gasteiger charge is 2.28. The maximum absolute atomic E-state index is 12.4. The average molecular weight is 305 g/mol. The first-order valence-corrected chi connectivity index (χ1v) is 6.87. The van der Waals surface area contributed by atoms with Crippen LogP contribution in [0.4, 0.5) is 5.69 Å². The van der Waals surface area contributed by atoms with Crippen LogP contribution in [0.15, 0.2) is 48.5 Å². The summed E-state index contributed by atoms with van der Waals surface area (Å²) in [5.74, 6) is -0.343. The Morgan fingerprint density at radius 2 is 1.95 bits per heavy atom. The van der Waals surface area contributed by atoms with Crippen molar-refractivity contribution in [2.45, 2.75) is 12.5 Å². The molecule has 1 unspecified atom stereocenters. The molecule has 4 N–H and O–H groups in total. The van der Waals surface area contributed by atoms with Gasteiger partial charge in [0.1, 0.15) is 0 Å². The third-order valence-corrected chi connectivity index (χ3v) is 3.52. The molecular weight excluding hydrogens is 288 g/mol. The second-order valence-electron chi connectivity index (χ2n) is 5.08. The lowest BCUT2D eigenvalue weighted by Gasteiger charge is -2.29. The van der Waals surface area contributed by atoms with Crippen molar-refractivity contribution in [2.24, 2.45) is 0 Å². The Morgan fingerprint density at radius 3 is 2.52 bits per heavy atom. The van der Waals surface area contributed by atoms with Crippen LogP contribution in [0, 0.1) is 0 Å². The third-order valence-electron chi connectivity index (χ3n) is 3.30. The first-order valence-electron chi connectivity index (χ1n) is 6.49. The van der Waals surface area contributed by atoms with Crippen LogP contribution in [0.25, 0.3) is 0 Å². The Balaban J connectivity index is 2.28. The second kappa shape index (κ2) is 6.16. The van der Waals surface area contributed by atoms with Crippen molar-refractivity contribution in [3.05, 3.63) is 64.7 Å². The number of nitrogen functional groups attached to an aromatic ring is 1. The third kappa shape index (κ3) is 3.54. The maximum atomic E-state index is 12.4. The Bertz CT molecular complexity index is 626. The highest BCUT2D eigenvalue weighted by Crippen LogP contribution is 2.22. The fraction of sp³-hybridized carbons (Fsp3) is 0.188. The van der Waals surface area contributed by atoms with Gasteiger partial charge in [-0.15, -0.1) is 0 Å². The molecule has 0 heterocycles. The van der Waals surface area contributed by atoms with Gasteiger partial charge in [0.15, 0.2) is 0 Å². The second-order valence-corrected chi connectivity index (χ2v) is 5.52. The molecule has 0 aliphatic carbocycles. The lowest BCUT2D eigenvalue weighted by molar-refractivity contribution is 0.0849. The molecule has 1 atom stereocenters. The molecular formula is C16H17ClN2O2. The molecule has 2 aromatic carbocycles. The average Bonchev–Trinajstić information content (AvgIpc) is 2.47. The summed E-state index contributed by atoms with van der Waals surface area (Å²) in [5.41, 5.74) is 6.40. The lowest BCUT2D eigenvalue weighted by atomic mass is 9.92. The van der Waals surface area contributed by atoms with Gasteiger partial charge in [-0.05, 0) is 30.7 Å². The molecule has 0 bridgehead atoms. The zero-order chi connectivity index (χ0) is 15.5. The molecule has 0 aliphatic rings. The molecule has 21 heavy (non-hydrogen) atoms. The van der Waals surface area contributed by atoms with Gasteiger partial charge in [-0.25, -0.2) is 0 Å². The fourth-order valence-corrected chi connectivity index (χ4v) is 2.32. The topological polar surface area (TPSA) is 75.3 Å². The van der Waals surface area contributed by atoms with E-state index in [1.807, 2.05) is 30.3 Å². The Labute approximate surface area is 128 Å². The summed E-state index contributed by atoms with van der Waals surface area (Å²) in [5, 5.41) is 12.9. The van der Waals surface area contributed by atoms with Crippen molar-refractivity contribution < 1.29 is 9.90 Å². The number of anilines is 1. The van der Waals surface area contributed by atoms with Gasteiger partial charge in [-0.2, -0.15) is 0 Å². The number of aliphatic hydroxyl groups excluding tert-OH is 1. The molecule has 2 aromatic rings. The molecule has 0 saturated carbocycles. The highest BCUT2D eigenvalue weighted by molar-refractivity contribution is 6.31. The molecule has 0 aliphatic heterocycles. The van der Waals surface area contributed by atoms with E-state index in [9.17, 15) is 9.90 Å². The first kappa shape index (κ1) is 15.4. The number of hydrogen-bond donors (Lipinski definition) is 3. The monoisotopic (exact) mass is 304 g/mol. The number of amides is 1. The minimum atomic E-state index is -0.880. The van der Waals surface area contributed by atoms with E-state index in [0.29, 0.717) is 16.3 Å². The molecule has 1 amide bonds. The van der Waals surface area contributed by atoms with Crippen LogP contribution in [-0.4, -0.2) is 17.6 Å². The van der Waals surface area contributed by atoms with Crippen LogP contribution in [0.5, 0.6) is 0 Å². The number of aliphatic hydroxyl groups is 1. The molecule has 110 valence electrons. The molecule has 5 heteroatoms. The van der Waals surface area contributed by atoms with Crippen molar-refractivity contribution in [3.8, 4) is 0 Å². The summed E-state index contributed by atoms with van der Waals surface area (Å²) >= 11 is 5.91. The van der Waals surface area contributed by atoms with Crippen LogP contribution in [0.3, 0.4) is 0 Å². The predicted octanol–water partition coefficient (Wildman–Crippen LogP) is 2.56. The van der Waals surface area contributed by atoms with E-state index in [1.54, 1.807) is 19.1 Å². The normalized spacial score (nSPS) is 13.5. The summed E-state index contributed by atoms with van der Waals surface area (Å²) in [6.45, 7) is 1.53. The number of benzene rings is 2. The minimum absolute atomic E-state index is 0.223. The van der Waals surface area contributed by atoms with Gasteiger partial charge < -0.3 is 16.2 Å². The lowest BCUT2D eigenvalue weighted by Crippen LogP contribution is -2.46. The van der Waals surface area contributed by atoms with Gasteiger partial charge in [0.25, 0.3) is 5.91 Å². The minimum Gasteiger partial charge on any atom is -0.399 e. The van der Waals surface area contributed by atoms with E-state index >= 15 is 0 Å². The van der Waals surface area contributed by atoms with E-state index in [0.717, 1.165) is 5.56 Å². The molecule has 4 nitrogen and oxygen atoms in total. The van der Waals surface area contributed by atoms with Crippen LogP contribution >= 0.6 is 11.6 Å². The zero-order valence-electron chi connectivity index (χ0n) is 11.6. The number of nitrogens with two attached hydrogens (primary N) is 1. The molecule has 0 aromatic heterocycles. The Hall–Kier alpha value is -2.04. The van der Waals surface area contributed by atoms with Crippen molar-refractivity contribution in [1.29, 1.82) is 0 Å². The molecule has 0 radical (unpaired) electrons. The molecule has 2 rings (SSSR count).